The van der Waals surface area contributed by atoms with Crippen molar-refractivity contribution >= 4 is 5.97 Å². The molecule has 1 fully saturated rings. The van der Waals surface area contributed by atoms with E-state index in [9.17, 15) is 4.79 Å². The number of likely N-dealkylation sites (tertiary alicyclic amines) is 1. The van der Waals surface area contributed by atoms with Crippen LogP contribution in [0, 0.1) is 0 Å². The summed E-state index contributed by atoms with van der Waals surface area (Å²) < 4.78 is 0. The van der Waals surface area contributed by atoms with E-state index in [0.717, 1.165) is 19.4 Å². The molecule has 1 saturated heterocycles. The molecule has 0 spiro atoms. The highest BCUT2D eigenvalue weighted by atomic mass is 16.4. The van der Waals surface area contributed by atoms with Gasteiger partial charge in [0.2, 0.25) is 0 Å². The molecule has 1 aliphatic rings. The van der Waals surface area contributed by atoms with E-state index in [-0.39, 0.29) is 6.54 Å². The molecule has 0 amide bonds. The Morgan fingerprint density at radius 2 is 2.25 bits per heavy atom. The minimum absolute atomic E-state index is 0.167. The second-order valence-corrected chi connectivity index (χ2v) is 5.00. The van der Waals surface area contributed by atoms with Gasteiger partial charge in [-0.05, 0) is 33.7 Å². The van der Waals surface area contributed by atoms with E-state index in [1.807, 2.05) is 0 Å². The van der Waals surface area contributed by atoms with Gasteiger partial charge in [0, 0.05) is 24.7 Å². The molecule has 3 atom stereocenters. The molecule has 0 aromatic rings. The zero-order chi connectivity index (χ0) is 12.3. The molecule has 3 unspecified atom stereocenters. The first-order chi connectivity index (χ1) is 7.45. The maximum absolute atomic E-state index is 10.9. The van der Waals surface area contributed by atoms with Crippen LogP contribution in [-0.4, -0.2) is 59.1 Å². The van der Waals surface area contributed by atoms with Gasteiger partial charge in [-0.3, -0.25) is 9.69 Å². The lowest BCUT2D eigenvalue weighted by Crippen LogP contribution is -2.45. The Hall–Kier alpha value is -0.610. The summed E-state index contributed by atoms with van der Waals surface area (Å²) in [7, 11) is 2.11. The van der Waals surface area contributed by atoms with Crippen LogP contribution in [0.25, 0.3) is 0 Å². The summed E-state index contributed by atoms with van der Waals surface area (Å²) in [5.74, 6) is -0.720. The van der Waals surface area contributed by atoms with Crippen molar-refractivity contribution in [2.75, 3.05) is 20.1 Å². The molecule has 16 heavy (non-hydrogen) atoms. The highest BCUT2D eigenvalue weighted by Gasteiger charge is 2.33. The number of nitrogens with zero attached hydrogens (tertiary/aromatic N) is 2. The van der Waals surface area contributed by atoms with E-state index in [1.165, 1.54) is 0 Å². The number of carbonyl (C=O) groups is 1. The molecule has 1 heterocycles. The molecular formula is C12H24N2O2. The molecule has 0 bridgehead atoms. The lowest BCUT2D eigenvalue weighted by molar-refractivity contribution is -0.139. The van der Waals surface area contributed by atoms with Crippen molar-refractivity contribution < 1.29 is 9.90 Å². The number of rotatable bonds is 5. The second-order valence-electron chi connectivity index (χ2n) is 5.00. The van der Waals surface area contributed by atoms with Crippen LogP contribution in [0.4, 0.5) is 0 Å². The van der Waals surface area contributed by atoms with Gasteiger partial charge in [0.25, 0.3) is 0 Å². The smallest absolute Gasteiger partial charge is 0.317 e. The topological polar surface area (TPSA) is 43.8 Å². The van der Waals surface area contributed by atoms with Gasteiger partial charge in [0.1, 0.15) is 0 Å². The van der Waals surface area contributed by atoms with Crippen molar-refractivity contribution in [3.05, 3.63) is 0 Å². The maximum atomic E-state index is 10.9. The number of carboxylic acid groups (broad SMARTS) is 1. The minimum Gasteiger partial charge on any atom is -0.480 e. The molecule has 1 aliphatic heterocycles. The quantitative estimate of drug-likeness (QED) is 0.769. The summed E-state index contributed by atoms with van der Waals surface area (Å²) in [6.07, 6.45) is 2.08. The van der Waals surface area contributed by atoms with Gasteiger partial charge in [-0.2, -0.15) is 0 Å². The van der Waals surface area contributed by atoms with Crippen molar-refractivity contribution in [1.29, 1.82) is 0 Å². The van der Waals surface area contributed by atoms with Gasteiger partial charge >= 0.3 is 5.97 Å². The normalized spacial score (nSPS) is 28.6. The van der Waals surface area contributed by atoms with Crippen molar-refractivity contribution in [2.45, 2.75) is 51.7 Å². The van der Waals surface area contributed by atoms with Crippen LogP contribution in [0.5, 0.6) is 0 Å². The van der Waals surface area contributed by atoms with E-state index >= 15 is 0 Å². The Labute approximate surface area is 98.2 Å². The molecule has 94 valence electrons. The van der Waals surface area contributed by atoms with E-state index in [0.29, 0.717) is 18.1 Å². The summed E-state index contributed by atoms with van der Waals surface area (Å²) in [5.41, 5.74) is 0. The number of hydrogen-bond donors (Lipinski definition) is 1. The predicted octanol–water partition coefficient (Wildman–Crippen LogP) is 1.26. The fourth-order valence-corrected chi connectivity index (χ4v) is 2.44. The monoisotopic (exact) mass is 228 g/mol. The van der Waals surface area contributed by atoms with E-state index in [4.69, 9.17) is 5.11 Å². The van der Waals surface area contributed by atoms with E-state index in [2.05, 4.69) is 37.6 Å². The number of hydrogen-bond acceptors (Lipinski definition) is 3. The molecule has 0 radical (unpaired) electrons. The Morgan fingerprint density at radius 3 is 2.62 bits per heavy atom. The maximum Gasteiger partial charge on any atom is 0.317 e. The highest BCUT2D eigenvalue weighted by molar-refractivity contribution is 5.69. The summed E-state index contributed by atoms with van der Waals surface area (Å²) in [6.45, 7) is 7.59. The number of aliphatic carboxylic acids is 1. The Bertz CT molecular complexity index is 235. The van der Waals surface area contributed by atoms with Crippen LogP contribution >= 0.6 is 0 Å². The highest BCUT2D eigenvalue weighted by Crippen LogP contribution is 2.22. The van der Waals surface area contributed by atoms with Crippen molar-refractivity contribution in [1.82, 2.24) is 9.80 Å². The van der Waals surface area contributed by atoms with Crippen LogP contribution in [0.15, 0.2) is 0 Å². The summed E-state index contributed by atoms with van der Waals surface area (Å²) in [4.78, 5) is 15.3. The minimum atomic E-state index is -0.720. The van der Waals surface area contributed by atoms with Crippen molar-refractivity contribution in [3.8, 4) is 0 Å². The fraction of sp³-hybridized carbons (Fsp3) is 0.917. The van der Waals surface area contributed by atoms with Gasteiger partial charge in [-0.25, -0.2) is 0 Å². The molecule has 0 aliphatic carbocycles. The molecule has 4 heteroatoms. The van der Waals surface area contributed by atoms with Gasteiger partial charge < -0.3 is 10.0 Å². The van der Waals surface area contributed by atoms with Crippen molar-refractivity contribution in [2.24, 2.45) is 0 Å². The first-order valence-corrected chi connectivity index (χ1v) is 6.13. The Morgan fingerprint density at radius 1 is 1.62 bits per heavy atom. The zero-order valence-corrected chi connectivity index (χ0v) is 10.8. The zero-order valence-electron chi connectivity index (χ0n) is 10.8. The number of likely N-dealkylation sites (N-methyl/N-ethyl adjacent to an activating group) is 1. The number of carboxylic acids is 1. The van der Waals surface area contributed by atoms with Crippen LogP contribution in [0.1, 0.15) is 33.6 Å². The lowest BCUT2D eigenvalue weighted by atomic mass is 10.1. The first-order valence-electron chi connectivity index (χ1n) is 6.13. The lowest BCUT2D eigenvalue weighted by Gasteiger charge is -2.32. The standard InChI is InChI=1S/C12H24N2O2/c1-5-9(2)14(8-12(15)16)11-6-10(3)13(4)7-11/h9-11H,5-8H2,1-4H3,(H,15,16). The van der Waals surface area contributed by atoms with Gasteiger partial charge in [0.05, 0.1) is 6.54 Å². The Balaban J connectivity index is 2.66. The average Bonchev–Trinajstić information content (AvgIpc) is 2.54. The van der Waals surface area contributed by atoms with Crippen LogP contribution in [-0.2, 0) is 4.79 Å². The van der Waals surface area contributed by atoms with Crippen LogP contribution < -0.4 is 0 Å². The molecule has 1 N–H and O–H groups in total. The summed E-state index contributed by atoms with van der Waals surface area (Å²) in [6, 6.07) is 1.30. The third-order valence-corrected chi connectivity index (χ3v) is 3.81. The van der Waals surface area contributed by atoms with E-state index in [1.54, 1.807) is 0 Å². The fourth-order valence-electron chi connectivity index (χ4n) is 2.44. The summed E-state index contributed by atoms with van der Waals surface area (Å²) >= 11 is 0. The molecule has 0 aromatic carbocycles. The van der Waals surface area contributed by atoms with Gasteiger partial charge in [-0.1, -0.05) is 6.92 Å². The average molecular weight is 228 g/mol. The third-order valence-electron chi connectivity index (χ3n) is 3.81. The van der Waals surface area contributed by atoms with E-state index < -0.39 is 5.97 Å². The first kappa shape index (κ1) is 13.5. The molecule has 4 nitrogen and oxygen atoms in total. The molecule has 1 rings (SSSR count). The summed E-state index contributed by atoms with van der Waals surface area (Å²) in [5, 5.41) is 8.97. The van der Waals surface area contributed by atoms with Crippen molar-refractivity contribution in [3.63, 3.8) is 0 Å². The largest absolute Gasteiger partial charge is 0.480 e. The molecular weight excluding hydrogens is 204 g/mol. The Kier molecular flexibility index (Phi) is 4.74. The molecule has 0 saturated carbocycles. The van der Waals surface area contributed by atoms with Crippen LogP contribution in [0.3, 0.4) is 0 Å². The van der Waals surface area contributed by atoms with Gasteiger partial charge in [0.15, 0.2) is 0 Å². The van der Waals surface area contributed by atoms with Gasteiger partial charge in [-0.15, -0.1) is 0 Å². The van der Waals surface area contributed by atoms with Crippen LogP contribution in [0.2, 0.25) is 0 Å². The predicted molar refractivity (Wildman–Crippen MR) is 64.6 cm³/mol. The molecule has 0 aromatic heterocycles. The third kappa shape index (κ3) is 3.19. The second kappa shape index (κ2) is 5.64. The SMILES string of the molecule is CCC(C)N(CC(=O)O)C1CC(C)N(C)C1.